The van der Waals surface area contributed by atoms with Gasteiger partial charge in [0.2, 0.25) is 0 Å². The Kier molecular flexibility index (Phi) is 4.66. The van der Waals surface area contributed by atoms with Crippen LogP contribution in [0.4, 0.5) is 0 Å². The lowest BCUT2D eigenvalue weighted by Crippen LogP contribution is -2.28. The average molecular weight is 340 g/mol. The summed E-state index contributed by atoms with van der Waals surface area (Å²) in [5.41, 5.74) is 2.81. The largest absolute Gasteiger partial charge is 0.376 e. The first-order valence-electron chi connectivity index (χ1n) is 6.99. The Balaban J connectivity index is 1.57. The molecular weight excluding hydrogens is 325 g/mol. The van der Waals surface area contributed by atoms with Gasteiger partial charge in [-0.3, -0.25) is 9.48 Å². The highest BCUT2D eigenvalue weighted by molar-refractivity contribution is 6.42. The van der Waals surface area contributed by atoms with Gasteiger partial charge in [-0.15, -0.1) is 0 Å². The predicted molar refractivity (Wildman–Crippen MR) is 84.4 cm³/mol. The smallest absolute Gasteiger partial charge is 0.251 e. The quantitative estimate of drug-likeness (QED) is 0.931. The van der Waals surface area contributed by atoms with Gasteiger partial charge in [-0.1, -0.05) is 23.2 Å². The van der Waals surface area contributed by atoms with Crippen molar-refractivity contribution in [2.24, 2.45) is 0 Å². The summed E-state index contributed by atoms with van der Waals surface area (Å²) in [5.74, 6) is -0.178. The van der Waals surface area contributed by atoms with Gasteiger partial charge in [0.25, 0.3) is 5.91 Å². The molecule has 1 N–H and O–H groups in total. The highest BCUT2D eigenvalue weighted by atomic mass is 35.5. The lowest BCUT2D eigenvalue weighted by atomic mass is 10.2. The summed E-state index contributed by atoms with van der Waals surface area (Å²) in [6.45, 7) is 2.45. The number of hydrogen-bond acceptors (Lipinski definition) is 3. The van der Waals surface area contributed by atoms with E-state index in [-0.39, 0.29) is 5.91 Å². The number of fused-ring (bicyclic) bond motifs is 1. The second-order valence-corrected chi connectivity index (χ2v) is 5.84. The fourth-order valence-corrected chi connectivity index (χ4v) is 2.72. The van der Waals surface area contributed by atoms with Crippen molar-refractivity contribution in [3.8, 4) is 0 Å². The Morgan fingerprint density at radius 3 is 3.05 bits per heavy atom. The second-order valence-electron chi connectivity index (χ2n) is 5.03. The molecule has 1 aromatic heterocycles. The van der Waals surface area contributed by atoms with Gasteiger partial charge in [-0.25, -0.2) is 0 Å². The molecule has 0 saturated heterocycles. The van der Waals surface area contributed by atoms with Crippen molar-refractivity contribution in [3.63, 3.8) is 0 Å². The van der Waals surface area contributed by atoms with Crippen LogP contribution in [0.25, 0.3) is 0 Å². The number of amides is 1. The SMILES string of the molecule is O=C(NCCn1ncc2c1CCOC2)c1ccc(Cl)c(Cl)c1. The lowest BCUT2D eigenvalue weighted by molar-refractivity contribution is 0.0950. The van der Waals surface area contributed by atoms with Crippen LogP contribution in [0.2, 0.25) is 10.0 Å². The average Bonchev–Trinajstić information content (AvgIpc) is 2.93. The Morgan fingerprint density at radius 1 is 1.36 bits per heavy atom. The molecule has 7 heteroatoms. The number of nitrogens with zero attached hydrogens (tertiary/aromatic N) is 2. The van der Waals surface area contributed by atoms with Crippen LogP contribution >= 0.6 is 23.2 Å². The van der Waals surface area contributed by atoms with Gasteiger partial charge in [0.05, 0.1) is 36.0 Å². The third-order valence-corrected chi connectivity index (χ3v) is 4.31. The van der Waals surface area contributed by atoms with Crippen molar-refractivity contribution in [1.82, 2.24) is 15.1 Å². The van der Waals surface area contributed by atoms with E-state index in [0.29, 0.717) is 41.9 Å². The fraction of sp³-hybridized carbons (Fsp3) is 0.333. The van der Waals surface area contributed by atoms with Crippen LogP contribution in [0.3, 0.4) is 0 Å². The van der Waals surface area contributed by atoms with Crippen molar-refractivity contribution in [2.75, 3.05) is 13.2 Å². The van der Waals surface area contributed by atoms with E-state index in [1.807, 2.05) is 10.9 Å². The number of carbonyl (C=O) groups excluding carboxylic acids is 1. The van der Waals surface area contributed by atoms with E-state index in [4.69, 9.17) is 27.9 Å². The van der Waals surface area contributed by atoms with E-state index in [1.54, 1.807) is 18.2 Å². The molecule has 0 atom stereocenters. The van der Waals surface area contributed by atoms with Crippen LogP contribution in [-0.2, 0) is 24.3 Å². The molecule has 1 aliphatic rings. The van der Waals surface area contributed by atoms with Gasteiger partial charge < -0.3 is 10.1 Å². The summed E-state index contributed by atoms with van der Waals surface area (Å²) in [6.07, 6.45) is 2.69. The normalized spacial score (nSPS) is 13.7. The van der Waals surface area contributed by atoms with E-state index in [2.05, 4.69) is 10.4 Å². The van der Waals surface area contributed by atoms with E-state index in [1.165, 1.54) is 5.69 Å². The first-order chi connectivity index (χ1) is 10.6. The number of hydrogen-bond donors (Lipinski definition) is 1. The van der Waals surface area contributed by atoms with Crippen molar-refractivity contribution >= 4 is 29.1 Å². The number of nitrogens with one attached hydrogen (secondary N) is 1. The maximum atomic E-state index is 12.1. The molecule has 5 nitrogen and oxygen atoms in total. The molecule has 0 unspecified atom stereocenters. The number of aromatic nitrogens is 2. The molecule has 0 aliphatic carbocycles. The van der Waals surface area contributed by atoms with E-state index in [0.717, 1.165) is 12.0 Å². The summed E-state index contributed by atoms with van der Waals surface area (Å²) in [7, 11) is 0. The molecule has 22 heavy (non-hydrogen) atoms. The third kappa shape index (κ3) is 3.27. The molecule has 0 spiro atoms. The molecule has 2 heterocycles. The highest BCUT2D eigenvalue weighted by Gasteiger charge is 2.15. The van der Waals surface area contributed by atoms with Gasteiger partial charge in [-0.05, 0) is 18.2 Å². The van der Waals surface area contributed by atoms with Gasteiger partial charge >= 0.3 is 0 Å². The second kappa shape index (κ2) is 6.69. The van der Waals surface area contributed by atoms with Crippen LogP contribution in [0.1, 0.15) is 21.6 Å². The van der Waals surface area contributed by atoms with Gasteiger partial charge in [-0.2, -0.15) is 5.10 Å². The third-order valence-electron chi connectivity index (χ3n) is 3.57. The van der Waals surface area contributed by atoms with Gasteiger partial charge in [0, 0.05) is 29.8 Å². The summed E-state index contributed by atoms with van der Waals surface area (Å²) in [6, 6.07) is 4.83. The molecule has 0 saturated carbocycles. The molecule has 3 rings (SSSR count). The van der Waals surface area contributed by atoms with Crippen LogP contribution in [0, 0.1) is 0 Å². The maximum Gasteiger partial charge on any atom is 0.251 e. The van der Waals surface area contributed by atoms with E-state index in [9.17, 15) is 4.79 Å². The summed E-state index contributed by atoms with van der Waals surface area (Å²) in [5, 5.41) is 8.00. The van der Waals surface area contributed by atoms with Crippen LogP contribution in [0.5, 0.6) is 0 Å². The number of halogens is 2. The molecule has 0 fully saturated rings. The number of benzene rings is 1. The zero-order chi connectivity index (χ0) is 15.5. The molecule has 0 bridgehead atoms. The number of ether oxygens (including phenoxy) is 1. The minimum atomic E-state index is -0.178. The summed E-state index contributed by atoms with van der Waals surface area (Å²) >= 11 is 11.8. The van der Waals surface area contributed by atoms with Crippen LogP contribution in [0.15, 0.2) is 24.4 Å². The Morgan fingerprint density at radius 2 is 2.23 bits per heavy atom. The minimum Gasteiger partial charge on any atom is -0.376 e. The highest BCUT2D eigenvalue weighted by Crippen LogP contribution is 2.22. The van der Waals surface area contributed by atoms with Crippen LogP contribution in [-0.4, -0.2) is 28.8 Å². The van der Waals surface area contributed by atoms with Gasteiger partial charge in [0.1, 0.15) is 0 Å². The lowest BCUT2D eigenvalue weighted by Gasteiger charge is -2.14. The minimum absolute atomic E-state index is 0.178. The van der Waals surface area contributed by atoms with Crippen molar-refractivity contribution in [3.05, 3.63) is 51.3 Å². The monoisotopic (exact) mass is 339 g/mol. The van der Waals surface area contributed by atoms with Crippen LogP contribution < -0.4 is 5.32 Å². The van der Waals surface area contributed by atoms with Crippen molar-refractivity contribution < 1.29 is 9.53 Å². The molecule has 1 aromatic carbocycles. The Labute approximate surface area is 138 Å². The molecule has 0 radical (unpaired) electrons. The molecule has 2 aromatic rings. The number of carbonyl (C=O) groups is 1. The maximum absolute atomic E-state index is 12.1. The molecule has 1 amide bonds. The van der Waals surface area contributed by atoms with E-state index >= 15 is 0 Å². The number of rotatable bonds is 4. The predicted octanol–water partition coefficient (Wildman–Crippen LogP) is 2.69. The molecule has 1 aliphatic heterocycles. The topological polar surface area (TPSA) is 56.2 Å². The Bertz CT molecular complexity index is 700. The Hall–Kier alpha value is -1.56. The van der Waals surface area contributed by atoms with Gasteiger partial charge in [0.15, 0.2) is 0 Å². The standard InChI is InChI=1S/C15H15Cl2N3O2/c16-12-2-1-10(7-13(12)17)15(21)18-4-5-20-14-3-6-22-9-11(14)8-19-20/h1-2,7-8H,3-6,9H2,(H,18,21). The summed E-state index contributed by atoms with van der Waals surface area (Å²) < 4.78 is 7.31. The first-order valence-corrected chi connectivity index (χ1v) is 7.75. The molecular formula is C15H15Cl2N3O2. The summed E-state index contributed by atoms with van der Waals surface area (Å²) in [4.78, 5) is 12.1. The van der Waals surface area contributed by atoms with Crippen molar-refractivity contribution in [1.29, 1.82) is 0 Å². The first kappa shape index (κ1) is 15.3. The zero-order valence-corrected chi connectivity index (χ0v) is 13.3. The molecule has 116 valence electrons. The zero-order valence-electron chi connectivity index (χ0n) is 11.8. The van der Waals surface area contributed by atoms with Crippen molar-refractivity contribution in [2.45, 2.75) is 19.6 Å². The van der Waals surface area contributed by atoms with E-state index < -0.39 is 0 Å². The fourth-order valence-electron chi connectivity index (χ4n) is 2.42.